The third-order valence-electron chi connectivity index (χ3n) is 3.42. The summed E-state index contributed by atoms with van der Waals surface area (Å²) in [6.45, 7) is 5.04. The first-order chi connectivity index (χ1) is 9.21. The van der Waals surface area contributed by atoms with E-state index in [0.29, 0.717) is 5.02 Å². The predicted molar refractivity (Wildman–Crippen MR) is 79.6 cm³/mol. The van der Waals surface area contributed by atoms with E-state index in [4.69, 9.17) is 11.6 Å². The number of hydrogen-bond acceptors (Lipinski definition) is 2. The molecule has 0 saturated carbocycles. The molecule has 1 atom stereocenters. The van der Waals surface area contributed by atoms with Crippen molar-refractivity contribution >= 4 is 11.6 Å². The Hall–Kier alpha value is -1.32. The van der Waals surface area contributed by atoms with Gasteiger partial charge in [-0.05, 0) is 31.5 Å². The Bertz CT molecular complexity index is 531. The van der Waals surface area contributed by atoms with Gasteiger partial charge >= 0.3 is 0 Å². The molecule has 2 aromatic rings. The maximum absolute atomic E-state index is 6.28. The molecule has 0 radical (unpaired) electrons. The summed E-state index contributed by atoms with van der Waals surface area (Å²) < 4.78 is 1.94. The second-order valence-electron chi connectivity index (χ2n) is 4.51. The maximum atomic E-state index is 6.28. The lowest BCUT2D eigenvalue weighted by Gasteiger charge is -2.19. The molecule has 0 bridgehead atoms. The normalized spacial score (nSPS) is 12.6. The van der Waals surface area contributed by atoms with E-state index < -0.39 is 0 Å². The Morgan fingerprint density at radius 3 is 2.47 bits per heavy atom. The maximum Gasteiger partial charge on any atom is 0.0837 e. The number of hydrogen-bond donors (Lipinski definition) is 1. The van der Waals surface area contributed by atoms with E-state index in [-0.39, 0.29) is 6.04 Å². The van der Waals surface area contributed by atoms with Gasteiger partial charge in [-0.1, -0.05) is 42.8 Å². The zero-order chi connectivity index (χ0) is 13.8. The Morgan fingerprint density at radius 2 is 1.95 bits per heavy atom. The van der Waals surface area contributed by atoms with Crippen LogP contribution in [0.25, 0.3) is 0 Å². The lowest BCUT2D eigenvalue weighted by Crippen LogP contribution is -2.21. The van der Waals surface area contributed by atoms with Gasteiger partial charge in [-0.25, -0.2) is 0 Å². The molecule has 0 aliphatic heterocycles. The van der Waals surface area contributed by atoms with Crippen molar-refractivity contribution in [2.24, 2.45) is 0 Å². The van der Waals surface area contributed by atoms with Crippen molar-refractivity contribution in [3.63, 3.8) is 0 Å². The van der Waals surface area contributed by atoms with Crippen LogP contribution in [0, 0.1) is 0 Å². The minimum Gasteiger partial charge on any atom is -0.308 e. The van der Waals surface area contributed by atoms with E-state index >= 15 is 0 Å². The Morgan fingerprint density at radius 1 is 1.26 bits per heavy atom. The van der Waals surface area contributed by atoms with E-state index in [2.05, 4.69) is 48.5 Å². The highest BCUT2D eigenvalue weighted by Gasteiger charge is 2.20. The molecule has 19 heavy (non-hydrogen) atoms. The molecule has 1 heterocycles. The third-order valence-corrected chi connectivity index (χ3v) is 3.71. The van der Waals surface area contributed by atoms with E-state index in [1.54, 1.807) is 6.20 Å². The van der Waals surface area contributed by atoms with Gasteiger partial charge in [0, 0.05) is 6.54 Å². The fourth-order valence-electron chi connectivity index (χ4n) is 2.32. The van der Waals surface area contributed by atoms with Gasteiger partial charge < -0.3 is 5.32 Å². The van der Waals surface area contributed by atoms with Gasteiger partial charge in [0.05, 0.1) is 23.0 Å². The minimum atomic E-state index is 0.0702. The van der Waals surface area contributed by atoms with Gasteiger partial charge in [-0.2, -0.15) is 5.10 Å². The first kappa shape index (κ1) is 14.1. The highest BCUT2D eigenvalue weighted by atomic mass is 35.5. The Balaban J connectivity index is 2.40. The molecular formula is C15H20ClN3. The van der Waals surface area contributed by atoms with Gasteiger partial charge in [0.25, 0.3) is 0 Å². The summed E-state index contributed by atoms with van der Waals surface area (Å²) >= 11 is 6.28. The van der Waals surface area contributed by atoms with Crippen LogP contribution in [0.1, 0.15) is 36.7 Å². The molecule has 0 aliphatic carbocycles. The topological polar surface area (TPSA) is 29.9 Å². The van der Waals surface area contributed by atoms with Crippen LogP contribution >= 0.6 is 11.6 Å². The predicted octanol–water partition coefficient (Wildman–Crippen LogP) is 3.43. The van der Waals surface area contributed by atoms with Crippen LogP contribution in [0.3, 0.4) is 0 Å². The molecule has 0 amide bonds. The standard InChI is InChI=1S/C15H20ClN3/c1-4-11-6-8-12(9-7-11)14(17-3)15-13(16)10-18-19(15)5-2/h6-10,14,17H,4-5H2,1-3H3. The Labute approximate surface area is 119 Å². The monoisotopic (exact) mass is 277 g/mol. The van der Waals surface area contributed by atoms with E-state index in [1.165, 1.54) is 11.1 Å². The lowest BCUT2D eigenvalue weighted by molar-refractivity contribution is 0.563. The fraction of sp³-hybridized carbons (Fsp3) is 0.400. The van der Waals surface area contributed by atoms with Gasteiger partial charge in [-0.3, -0.25) is 4.68 Å². The molecular weight excluding hydrogens is 258 g/mol. The van der Waals surface area contributed by atoms with E-state index in [0.717, 1.165) is 18.7 Å². The number of nitrogens with zero attached hydrogens (tertiary/aromatic N) is 2. The van der Waals surface area contributed by atoms with Crippen molar-refractivity contribution in [3.05, 3.63) is 52.3 Å². The summed E-state index contributed by atoms with van der Waals surface area (Å²) in [4.78, 5) is 0. The molecule has 1 aromatic carbocycles. The summed E-state index contributed by atoms with van der Waals surface area (Å²) in [7, 11) is 1.95. The minimum absolute atomic E-state index is 0.0702. The SMILES string of the molecule is CCc1ccc(C(NC)c2c(Cl)cnn2CC)cc1. The summed E-state index contributed by atoms with van der Waals surface area (Å²) in [5, 5.41) is 8.34. The van der Waals surface area contributed by atoms with E-state index in [9.17, 15) is 0 Å². The van der Waals surface area contributed by atoms with Gasteiger partial charge in [0.2, 0.25) is 0 Å². The molecule has 3 nitrogen and oxygen atoms in total. The number of nitrogens with one attached hydrogen (secondary N) is 1. The summed E-state index contributed by atoms with van der Waals surface area (Å²) in [5.41, 5.74) is 3.57. The molecule has 0 fully saturated rings. The van der Waals surface area contributed by atoms with Crippen molar-refractivity contribution in [3.8, 4) is 0 Å². The van der Waals surface area contributed by atoms with Gasteiger partial charge in [0.15, 0.2) is 0 Å². The fourth-order valence-corrected chi connectivity index (χ4v) is 2.57. The highest BCUT2D eigenvalue weighted by molar-refractivity contribution is 6.31. The number of aromatic nitrogens is 2. The first-order valence-corrected chi connectivity index (χ1v) is 7.06. The van der Waals surface area contributed by atoms with Crippen LogP contribution in [0.15, 0.2) is 30.5 Å². The smallest absolute Gasteiger partial charge is 0.0837 e. The van der Waals surface area contributed by atoms with Crippen LogP contribution in [0.4, 0.5) is 0 Å². The average Bonchev–Trinajstić information content (AvgIpc) is 2.82. The molecule has 0 aliphatic rings. The van der Waals surface area contributed by atoms with Crippen molar-refractivity contribution in [2.75, 3.05) is 7.05 Å². The largest absolute Gasteiger partial charge is 0.308 e. The summed E-state index contributed by atoms with van der Waals surface area (Å²) in [6.07, 6.45) is 2.77. The highest BCUT2D eigenvalue weighted by Crippen LogP contribution is 2.28. The molecule has 1 N–H and O–H groups in total. The second-order valence-corrected chi connectivity index (χ2v) is 4.92. The van der Waals surface area contributed by atoms with Crippen LogP contribution in [0.2, 0.25) is 5.02 Å². The molecule has 1 unspecified atom stereocenters. The van der Waals surface area contributed by atoms with Crippen LogP contribution < -0.4 is 5.32 Å². The molecule has 0 spiro atoms. The third kappa shape index (κ3) is 2.82. The van der Waals surface area contributed by atoms with Crippen molar-refractivity contribution < 1.29 is 0 Å². The molecule has 1 aromatic heterocycles. The second kappa shape index (κ2) is 6.22. The molecule has 4 heteroatoms. The summed E-state index contributed by atoms with van der Waals surface area (Å²) in [6, 6.07) is 8.72. The first-order valence-electron chi connectivity index (χ1n) is 6.68. The lowest BCUT2D eigenvalue weighted by atomic mass is 10.0. The average molecular weight is 278 g/mol. The van der Waals surface area contributed by atoms with E-state index in [1.807, 2.05) is 11.7 Å². The van der Waals surface area contributed by atoms with Crippen LogP contribution in [-0.4, -0.2) is 16.8 Å². The van der Waals surface area contributed by atoms with Gasteiger partial charge in [-0.15, -0.1) is 0 Å². The quantitative estimate of drug-likeness (QED) is 0.907. The zero-order valence-electron chi connectivity index (χ0n) is 11.7. The molecule has 2 rings (SSSR count). The summed E-state index contributed by atoms with van der Waals surface area (Å²) in [5.74, 6) is 0. The zero-order valence-corrected chi connectivity index (χ0v) is 12.4. The van der Waals surface area contributed by atoms with Crippen molar-refractivity contribution in [1.82, 2.24) is 15.1 Å². The van der Waals surface area contributed by atoms with Crippen molar-refractivity contribution in [1.29, 1.82) is 0 Å². The van der Waals surface area contributed by atoms with Gasteiger partial charge in [0.1, 0.15) is 0 Å². The van der Waals surface area contributed by atoms with Crippen molar-refractivity contribution in [2.45, 2.75) is 32.9 Å². The van der Waals surface area contributed by atoms with Crippen LogP contribution in [-0.2, 0) is 13.0 Å². The number of aryl methyl sites for hydroxylation is 2. The number of rotatable bonds is 5. The Kier molecular flexibility index (Phi) is 4.61. The molecule has 102 valence electrons. The van der Waals surface area contributed by atoms with Crippen LogP contribution in [0.5, 0.6) is 0 Å². The number of halogens is 1. The number of benzene rings is 1. The molecule has 0 saturated heterocycles.